The summed E-state index contributed by atoms with van der Waals surface area (Å²) in [5.74, 6) is -1.66. The van der Waals surface area contributed by atoms with Crippen molar-refractivity contribution in [3.05, 3.63) is 64.7 Å². The minimum atomic E-state index is -1.09. The number of halogens is 1. The molecular formula is C19H17ClN2O4. The molecule has 1 aliphatic heterocycles. The van der Waals surface area contributed by atoms with E-state index in [4.69, 9.17) is 16.7 Å². The molecule has 7 heteroatoms. The van der Waals surface area contributed by atoms with Gasteiger partial charge in [-0.2, -0.15) is 0 Å². The molecule has 0 bridgehead atoms. The van der Waals surface area contributed by atoms with E-state index in [0.29, 0.717) is 21.8 Å². The first-order valence-electron chi connectivity index (χ1n) is 8.09. The van der Waals surface area contributed by atoms with Crippen LogP contribution in [0.3, 0.4) is 0 Å². The number of aliphatic carboxylic acids is 1. The molecule has 1 unspecified atom stereocenters. The highest BCUT2D eigenvalue weighted by Crippen LogP contribution is 2.39. The number of fused-ring (bicyclic) bond motifs is 1. The molecule has 134 valence electrons. The number of para-hydroxylation sites is 1. The second-order valence-electron chi connectivity index (χ2n) is 6.21. The molecule has 0 aliphatic carbocycles. The Balaban J connectivity index is 1.99. The second kappa shape index (κ2) is 7.17. The number of carbonyl (C=O) groups is 3. The third-order valence-corrected chi connectivity index (χ3v) is 4.66. The lowest BCUT2D eigenvalue weighted by Gasteiger charge is -2.39. The molecule has 6 nitrogen and oxygen atoms in total. The monoisotopic (exact) mass is 372 g/mol. The topological polar surface area (TPSA) is 95.5 Å². The van der Waals surface area contributed by atoms with Crippen LogP contribution in [0.4, 0.5) is 5.69 Å². The fourth-order valence-corrected chi connectivity index (χ4v) is 3.31. The lowest BCUT2D eigenvalue weighted by molar-refractivity contribution is -0.137. The summed E-state index contributed by atoms with van der Waals surface area (Å²) in [6.07, 6.45) is -0.106. The van der Waals surface area contributed by atoms with Crippen LogP contribution in [0.2, 0.25) is 5.02 Å². The molecule has 2 aromatic rings. The molecule has 1 aliphatic rings. The smallest absolute Gasteiger partial charge is 0.303 e. The summed E-state index contributed by atoms with van der Waals surface area (Å²) in [5, 5.41) is 15.3. The largest absolute Gasteiger partial charge is 0.481 e. The van der Waals surface area contributed by atoms with Crippen molar-refractivity contribution in [2.45, 2.75) is 24.8 Å². The van der Waals surface area contributed by atoms with Gasteiger partial charge in [-0.1, -0.05) is 29.8 Å². The number of carboxylic acid groups (broad SMARTS) is 1. The maximum Gasteiger partial charge on any atom is 0.303 e. The van der Waals surface area contributed by atoms with Gasteiger partial charge in [0.15, 0.2) is 0 Å². The maximum atomic E-state index is 12.8. The first kappa shape index (κ1) is 17.9. The number of anilines is 1. The van der Waals surface area contributed by atoms with Gasteiger partial charge in [-0.15, -0.1) is 0 Å². The third-order valence-electron chi connectivity index (χ3n) is 4.40. The van der Waals surface area contributed by atoms with Crippen LogP contribution in [0.5, 0.6) is 0 Å². The molecule has 0 radical (unpaired) electrons. The van der Waals surface area contributed by atoms with Gasteiger partial charge in [-0.3, -0.25) is 14.4 Å². The van der Waals surface area contributed by atoms with E-state index in [2.05, 4.69) is 10.6 Å². The van der Waals surface area contributed by atoms with Gasteiger partial charge in [-0.25, -0.2) is 0 Å². The van der Waals surface area contributed by atoms with E-state index in [1.54, 1.807) is 48.5 Å². The molecule has 3 N–H and O–H groups in total. The molecule has 2 aromatic carbocycles. The van der Waals surface area contributed by atoms with Crippen molar-refractivity contribution in [3.63, 3.8) is 0 Å². The Kier molecular flexibility index (Phi) is 4.95. The zero-order chi connectivity index (χ0) is 18.7. The third kappa shape index (κ3) is 3.70. The van der Waals surface area contributed by atoms with Gasteiger partial charge in [0.2, 0.25) is 5.91 Å². The minimum Gasteiger partial charge on any atom is -0.481 e. The Morgan fingerprint density at radius 1 is 1.15 bits per heavy atom. The fraction of sp³-hybridized carbons (Fsp3) is 0.211. The van der Waals surface area contributed by atoms with Crippen molar-refractivity contribution in [1.29, 1.82) is 0 Å². The lowest BCUT2D eigenvalue weighted by atomic mass is 9.78. The van der Waals surface area contributed by atoms with Crippen LogP contribution < -0.4 is 10.6 Å². The van der Waals surface area contributed by atoms with Crippen molar-refractivity contribution >= 4 is 35.1 Å². The molecule has 0 saturated heterocycles. The van der Waals surface area contributed by atoms with Gasteiger partial charge in [0.25, 0.3) is 5.91 Å². The normalized spacial score (nSPS) is 18.6. The Morgan fingerprint density at radius 2 is 1.85 bits per heavy atom. The Labute approximate surface area is 155 Å². The predicted molar refractivity (Wildman–Crippen MR) is 97.2 cm³/mol. The van der Waals surface area contributed by atoms with Crippen molar-refractivity contribution < 1.29 is 19.5 Å². The summed E-state index contributed by atoms with van der Waals surface area (Å²) in [6.45, 7) is 0. The summed E-state index contributed by atoms with van der Waals surface area (Å²) in [6, 6.07) is 13.4. The Bertz CT molecular complexity index is 866. The number of amides is 2. The van der Waals surface area contributed by atoms with Crippen molar-refractivity contribution in [1.82, 2.24) is 5.32 Å². The van der Waals surface area contributed by atoms with Crippen molar-refractivity contribution in [2.75, 3.05) is 5.32 Å². The zero-order valence-electron chi connectivity index (χ0n) is 13.8. The van der Waals surface area contributed by atoms with Gasteiger partial charge < -0.3 is 15.7 Å². The SMILES string of the molecule is O=C(O)CCC1(NC(=O)c2ccc(Cl)cc2)CC(=O)Nc2ccccc21. The first-order chi connectivity index (χ1) is 12.4. The van der Waals surface area contributed by atoms with Crippen LogP contribution in [0, 0.1) is 0 Å². The summed E-state index contributed by atoms with van der Waals surface area (Å²) in [4.78, 5) is 36.1. The van der Waals surface area contributed by atoms with Crippen LogP contribution in [0.15, 0.2) is 48.5 Å². The van der Waals surface area contributed by atoms with E-state index in [1.807, 2.05) is 0 Å². The van der Waals surface area contributed by atoms with Crippen LogP contribution in [-0.2, 0) is 15.1 Å². The van der Waals surface area contributed by atoms with Crippen LogP contribution in [0.1, 0.15) is 35.2 Å². The summed E-state index contributed by atoms with van der Waals surface area (Å²) in [5.41, 5.74) is 0.565. The van der Waals surface area contributed by atoms with Crippen LogP contribution >= 0.6 is 11.6 Å². The molecule has 2 amide bonds. The van der Waals surface area contributed by atoms with Crippen molar-refractivity contribution in [3.8, 4) is 0 Å². The standard InChI is InChI=1S/C19H17ClN2O4/c20-13-7-5-12(6-8-13)18(26)22-19(10-9-17(24)25)11-16(23)21-15-4-2-1-3-14(15)19/h1-8H,9-11H2,(H,21,23)(H,22,26)(H,24,25). The highest BCUT2D eigenvalue weighted by atomic mass is 35.5. The number of hydrogen-bond donors (Lipinski definition) is 3. The molecule has 3 rings (SSSR count). The number of carbonyl (C=O) groups excluding carboxylic acids is 2. The van der Waals surface area contributed by atoms with Crippen molar-refractivity contribution in [2.24, 2.45) is 0 Å². The number of hydrogen-bond acceptors (Lipinski definition) is 3. The van der Waals surface area contributed by atoms with Gasteiger partial charge >= 0.3 is 5.97 Å². The number of nitrogens with one attached hydrogen (secondary N) is 2. The average Bonchev–Trinajstić information content (AvgIpc) is 2.60. The Hall–Kier alpha value is -2.86. The number of rotatable bonds is 5. The molecule has 0 spiro atoms. The van der Waals surface area contributed by atoms with E-state index >= 15 is 0 Å². The highest BCUT2D eigenvalue weighted by molar-refractivity contribution is 6.30. The lowest BCUT2D eigenvalue weighted by Crippen LogP contribution is -2.51. The van der Waals surface area contributed by atoms with Crippen LogP contribution in [0.25, 0.3) is 0 Å². The predicted octanol–water partition coefficient (Wildman–Crippen LogP) is 3.17. The van der Waals surface area contributed by atoms with E-state index in [1.165, 1.54) is 0 Å². The molecule has 0 aromatic heterocycles. The van der Waals surface area contributed by atoms with Crippen LogP contribution in [-0.4, -0.2) is 22.9 Å². The van der Waals surface area contributed by atoms with Gasteiger partial charge in [0.1, 0.15) is 0 Å². The zero-order valence-corrected chi connectivity index (χ0v) is 14.5. The second-order valence-corrected chi connectivity index (χ2v) is 6.64. The fourth-order valence-electron chi connectivity index (χ4n) is 3.18. The minimum absolute atomic E-state index is 0.0311. The van der Waals surface area contributed by atoms with E-state index < -0.39 is 17.4 Å². The average molecular weight is 373 g/mol. The van der Waals surface area contributed by atoms with E-state index in [-0.39, 0.29) is 25.2 Å². The highest BCUT2D eigenvalue weighted by Gasteiger charge is 2.41. The molecule has 1 atom stereocenters. The van der Waals surface area contributed by atoms with E-state index in [9.17, 15) is 14.4 Å². The van der Waals surface area contributed by atoms with E-state index in [0.717, 1.165) is 0 Å². The number of benzene rings is 2. The molecule has 26 heavy (non-hydrogen) atoms. The number of carboxylic acids is 1. The summed E-state index contributed by atoms with van der Waals surface area (Å²) >= 11 is 5.86. The summed E-state index contributed by atoms with van der Waals surface area (Å²) < 4.78 is 0. The molecule has 0 fully saturated rings. The van der Waals surface area contributed by atoms with Gasteiger partial charge in [-0.05, 0) is 36.8 Å². The molecular weight excluding hydrogens is 356 g/mol. The maximum absolute atomic E-state index is 12.8. The van der Waals surface area contributed by atoms with Gasteiger partial charge in [0.05, 0.1) is 12.0 Å². The quantitative estimate of drug-likeness (QED) is 0.751. The Morgan fingerprint density at radius 3 is 2.54 bits per heavy atom. The molecule has 1 heterocycles. The van der Waals surface area contributed by atoms with Gasteiger partial charge in [0, 0.05) is 28.3 Å². The summed E-state index contributed by atoms with van der Waals surface area (Å²) in [7, 11) is 0. The molecule has 0 saturated carbocycles. The first-order valence-corrected chi connectivity index (χ1v) is 8.47.